The second-order valence-corrected chi connectivity index (χ2v) is 5.55. The summed E-state index contributed by atoms with van der Waals surface area (Å²) >= 11 is 0. The number of rotatable bonds is 4. The van der Waals surface area contributed by atoms with Crippen molar-refractivity contribution >= 4 is 5.91 Å². The van der Waals surface area contributed by atoms with Gasteiger partial charge in [-0.15, -0.1) is 0 Å². The lowest BCUT2D eigenvalue weighted by molar-refractivity contribution is -0.121. The van der Waals surface area contributed by atoms with Gasteiger partial charge in [-0.05, 0) is 35.2 Å². The molecular weight excluding hydrogens is 278 g/mol. The quantitative estimate of drug-likeness (QED) is 0.907. The first-order valence-corrected chi connectivity index (χ1v) is 7.35. The van der Waals surface area contributed by atoms with Crippen LogP contribution in [0.2, 0.25) is 0 Å². The van der Waals surface area contributed by atoms with Gasteiger partial charge in [0.2, 0.25) is 5.91 Å². The normalized spacial score (nSPS) is 19.5. The van der Waals surface area contributed by atoms with Crippen molar-refractivity contribution in [3.63, 3.8) is 0 Å². The van der Waals surface area contributed by atoms with Crippen LogP contribution in [-0.2, 0) is 17.6 Å². The van der Waals surface area contributed by atoms with Gasteiger partial charge < -0.3 is 15.2 Å². The SMILES string of the molecule is COc1ccc(CC(=O)N[C@H]2Cc3ccccc3[C@@H]2O)cc1. The van der Waals surface area contributed by atoms with Crippen molar-refractivity contribution in [2.75, 3.05) is 7.11 Å². The molecule has 114 valence electrons. The number of methoxy groups -OCH3 is 1. The lowest BCUT2D eigenvalue weighted by atomic mass is 10.1. The molecule has 3 rings (SSSR count). The second-order valence-electron chi connectivity index (χ2n) is 5.55. The van der Waals surface area contributed by atoms with E-state index in [1.807, 2.05) is 48.5 Å². The second kappa shape index (κ2) is 6.20. The summed E-state index contributed by atoms with van der Waals surface area (Å²) in [4.78, 5) is 12.2. The highest BCUT2D eigenvalue weighted by Crippen LogP contribution is 2.31. The molecule has 0 radical (unpaired) electrons. The van der Waals surface area contributed by atoms with Crippen LogP contribution in [0.1, 0.15) is 22.8 Å². The third-order valence-electron chi connectivity index (χ3n) is 4.06. The van der Waals surface area contributed by atoms with Crippen molar-refractivity contribution in [1.29, 1.82) is 0 Å². The van der Waals surface area contributed by atoms with Crippen molar-refractivity contribution < 1.29 is 14.6 Å². The maximum absolute atomic E-state index is 12.2. The van der Waals surface area contributed by atoms with Crippen LogP contribution in [-0.4, -0.2) is 24.2 Å². The minimum atomic E-state index is -0.629. The van der Waals surface area contributed by atoms with Crippen LogP contribution in [0.15, 0.2) is 48.5 Å². The van der Waals surface area contributed by atoms with Crippen molar-refractivity contribution in [1.82, 2.24) is 5.32 Å². The third-order valence-corrected chi connectivity index (χ3v) is 4.06. The molecule has 0 spiro atoms. The van der Waals surface area contributed by atoms with Gasteiger partial charge in [-0.2, -0.15) is 0 Å². The minimum Gasteiger partial charge on any atom is -0.497 e. The predicted octanol–water partition coefficient (Wildman–Crippen LogP) is 2.01. The van der Waals surface area contributed by atoms with Gasteiger partial charge in [0.25, 0.3) is 0 Å². The summed E-state index contributed by atoms with van der Waals surface area (Å²) in [6.45, 7) is 0. The minimum absolute atomic E-state index is 0.0815. The summed E-state index contributed by atoms with van der Waals surface area (Å²) in [5.41, 5.74) is 2.94. The summed E-state index contributed by atoms with van der Waals surface area (Å²) in [7, 11) is 1.61. The van der Waals surface area contributed by atoms with E-state index in [2.05, 4.69) is 5.32 Å². The van der Waals surface area contributed by atoms with Crippen LogP contribution >= 0.6 is 0 Å². The number of aliphatic hydroxyl groups is 1. The maximum Gasteiger partial charge on any atom is 0.224 e. The van der Waals surface area contributed by atoms with E-state index in [4.69, 9.17) is 4.74 Å². The van der Waals surface area contributed by atoms with E-state index in [0.29, 0.717) is 12.8 Å². The number of hydrogen-bond donors (Lipinski definition) is 2. The first kappa shape index (κ1) is 14.6. The molecule has 2 aromatic carbocycles. The summed E-state index contributed by atoms with van der Waals surface area (Å²) < 4.78 is 5.10. The average molecular weight is 297 g/mol. The number of ether oxygens (including phenoxy) is 1. The highest BCUT2D eigenvalue weighted by molar-refractivity contribution is 5.79. The standard InChI is InChI=1S/C18H19NO3/c1-22-14-8-6-12(7-9-14)10-17(20)19-16-11-13-4-2-3-5-15(13)18(16)21/h2-9,16,18,21H,10-11H2,1H3,(H,19,20)/t16-,18-/m0/s1. The van der Waals surface area contributed by atoms with Gasteiger partial charge >= 0.3 is 0 Å². The van der Waals surface area contributed by atoms with E-state index >= 15 is 0 Å². The summed E-state index contributed by atoms with van der Waals surface area (Å²) in [6.07, 6.45) is 0.339. The summed E-state index contributed by atoms with van der Waals surface area (Å²) in [5, 5.41) is 13.2. The number of aliphatic hydroxyl groups excluding tert-OH is 1. The molecular formula is C18H19NO3. The number of fused-ring (bicyclic) bond motifs is 1. The smallest absolute Gasteiger partial charge is 0.224 e. The number of nitrogens with one attached hydrogen (secondary N) is 1. The Bertz CT molecular complexity index is 666. The average Bonchev–Trinajstić information content (AvgIpc) is 2.84. The summed E-state index contributed by atoms with van der Waals surface area (Å²) in [5.74, 6) is 0.688. The van der Waals surface area contributed by atoms with E-state index in [9.17, 15) is 9.90 Å². The molecule has 0 fully saturated rings. The maximum atomic E-state index is 12.2. The molecule has 0 saturated heterocycles. The monoisotopic (exact) mass is 297 g/mol. The molecule has 0 unspecified atom stereocenters. The Hall–Kier alpha value is -2.33. The first-order valence-electron chi connectivity index (χ1n) is 7.35. The molecule has 2 atom stereocenters. The molecule has 2 aromatic rings. The Morgan fingerprint density at radius 2 is 1.95 bits per heavy atom. The lowest BCUT2D eigenvalue weighted by Crippen LogP contribution is -2.38. The number of carbonyl (C=O) groups is 1. The zero-order valence-corrected chi connectivity index (χ0v) is 12.5. The van der Waals surface area contributed by atoms with Gasteiger partial charge in [0, 0.05) is 0 Å². The summed E-state index contributed by atoms with van der Waals surface area (Å²) in [6, 6.07) is 14.9. The van der Waals surface area contributed by atoms with Gasteiger partial charge in [-0.25, -0.2) is 0 Å². The van der Waals surface area contributed by atoms with Gasteiger partial charge in [0.05, 0.1) is 25.7 Å². The van der Waals surface area contributed by atoms with Crippen LogP contribution < -0.4 is 10.1 Å². The van der Waals surface area contributed by atoms with E-state index < -0.39 is 6.10 Å². The molecule has 0 saturated carbocycles. The van der Waals surface area contributed by atoms with Crippen molar-refractivity contribution in [3.05, 3.63) is 65.2 Å². The van der Waals surface area contributed by atoms with Gasteiger partial charge in [-0.3, -0.25) is 4.79 Å². The highest BCUT2D eigenvalue weighted by Gasteiger charge is 2.31. The van der Waals surface area contributed by atoms with Crippen molar-refractivity contribution in [2.24, 2.45) is 0 Å². The van der Waals surface area contributed by atoms with E-state index in [-0.39, 0.29) is 11.9 Å². The Morgan fingerprint density at radius 3 is 2.64 bits per heavy atom. The molecule has 1 aliphatic carbocycles. The zero-order chi connectivity index (χ0) is 15.5. The topological polar surface area (TPSA) is 58.6 Å². The molecule has 0 bridgehead atoms. The molecule has 1 aliphatic rings. The molecule has 4 heteroatoms. The Kier molecular flexibility index (Phi) is 4.11. The largest absolute Gasteiger partial charge is 0.497 e. The van der Waals surface area contributed by atoms with Crippen molar-refractivity contribution in [3.8, 4) is 5.75 Å². The van der Waals surface area contributed by atoms with E-state index in [1.165, 1.54) is 0 Å². The van der Waals surface area contributed by atoms with Crippen LogP contribution in [0, 0.1) is 0 Å². The fourth-order valence-electron chi connectivity index (χ4n) is 2.89. The lowest BCUT2D eigenvalue weighted by Gasteiger charge is -2.17. The highest BCUT2D eigenvalue weighted by atomic mass is 16.5. The first-order chi connectivity index (χ1) is 10.7. The van der Waals surface area contributed by atoms with Crippen molar-refractivity contribution in [2.45, 2.75) is 25.0 Å². The number of benzene rings is 2. The Morgan fingerprint density at radius 1 is 1.23 bits per heavy atom. The molecule has 4 nitrogen and oxygen atoms in total. The number of amides is 1. The number of carbonyl (C=O) groups excluding carboxylic acids is 1. The van der Waals surface area contributed by atoms with Crippen LogP contribution in [0.5, 0.6) is 5.75 Å². The van der Waals surface area contributed by atoms with Gasteiger partial charge in [0.1, 0.15) is 5.75 Å². The van der Waals surface area contributed by atoms with Crippen LogP contribution in [0.4, 0.5) is 0 Å². The van der Waals surface area contributed by atoms with Gasteiger partial charge in [0.15, 0.2) is 0 Å². The number of hydrogen-bond acceptors (Lipinski definition) is 3. The fourth-order valence-corrected chi connectivity index (χ4v) is 2.89. The Balaban J connectivity index is 1.61. The molecule has 0 heterocycles. The molecule has 2 N–H and O–H groups in total. The molecule has 22 heavy (non-hydrogen) atoms. The van der Waals surface area contributed by atoms with Crippen LogP contribution in [0.3, 0.4) is 0 Å². The Labute approximate surface area is 129 Å². The molecule has 0 aliphatic heterocycles. The van der Waals surface area contributed by atoms with Crippen LogP contribution in [0.25, 0.3) is 0 Å². The fraction of sp³-hybridized carbons (Fsp3) is 0.278. The van der Waals surface area contributed by atoms with Gasteiger partial charge in [-0.1, -0.05) is 36.4 Å². The zero-order valence-electron chi connectivity index (χ0n) is 12.5. The van der Waals surface area contributed by atoms with E-state index in [0.717, 1.165) is 22.4 Å². The third kappa shape index (κ3) is 2.97. The predicted molar refractivity (Wildman–Crippen MR) is 83.7 cm³/mol. The molecule has 1 amide bonds. The van der Waals surface area contributed by atoms with E-state index in [1.54, 1.807) is 7.11 Å². The molecule has 0 aromatic heterocycles.